The Morgan fingerprint density at radius 3 is 2.57 bits per heavy atom. The molecule has 2 amide bonds. The normalized spacial score (nSPS) is 16.0. The van der Waals surface area contributed by atoms with Crippen molar-refractivity contribution >= 4 is 23.5 Å². The Hall–Kier alpha value is -2.31. The summed E-state index contributed by atoms with van der Waals surface area (Å²) in [6.45, 7) is 6.16. The number of hydrogen-bond donors (Lipinski definition) is 1. The van der Waals surface area contributed by atoms with Gasteiger partial charge in [0.1, 0.15) is 18.0 Å². The zero-order valence-electron chi connectivity index (χ0n) is 12.5. The molecule has 0 unspecified atom stereocenters. The van der Waals surface area contributed by atoms with Crippen molar-refractivity contribution in [1.29, 1.82) is 0 Å². The van der Waals surface area contributed by atoms with Gasteiger partial charge in [-0.25, -0.2) is 9.78 Å². The van der Waals surface area contributed by atoms with Crippen LogP contribution >= 0.6 is 0 Å². The van der Waals surface area contributed by atoms with Gasteiger partial charge in [-0.1, -0.05) is 0 Å². The summed E-state index contributed by atoms with van der Waals surface area (Å²) in [5.41, 5.74) is 5.54. The molecule has 0 atom stereocenters. The third kappa shape index (κ3) is 3.84. The molecule has 2 rings (SSSR count). The predicted octanol–water partition coefficient (Wildman–Crippen LogP) is 1.25. The van der Waals surface area contributed by atoms with Crippen LogP contribution in [0.1, 0.15) is 20.8 Å². The Morgan fingerprint density at radius 1 is 1.33 bits per heavy atom. The van der Waals surface area contributed by atoms with Crippen LogP contribution < -0.4 is 10.6 Å². The highest BCUT2D eigenvalue weighted by molar-refractivity contribution is 5.96. The van der Waals surface area contributed by atoms with E-state index in [0.29, 0.717) is 24.6 Å². The summed E-state index contributed by atoms with van der Waals surface area (Å²) in [6, 6.07) is 3.38. The van der Waals surface area contributed by atoms with E-state index in [0.717, 1.165) is 0 Å². The average Bonchev–Trinajstić information content (AvgIpc) is 2.38. The van der Waals surface area contributed by atoms with Crippen molar-refractivity contribution in [3.05, 3.63) is 18.3 Å². The number of anilines is 2. The summed E-state index contributed by atoms with van der Waals surface area (Å²) in [6.07, 6.45) is 1.03. The van der Waals surface area contributed by atoms with Gasteiger partial charge in [-0.3, -0.25) is 14.6 Å². The lowest BCUT2D eigenvalue weighted by Gasteiger charge is -2.34. The maximum atomic E-state index is 12.2. The average molecular weight is 292 g/mol. The van der Waals surface area contributed by atoms with Crippen LogP contribution in [0.4, 0.5) is 16.3 Å². The van der Waals surface area contributed by atoms with Crippen LogP contribution in [0.25, 0.3) is 0 Å². The van der Waals surface area contributed by atoms with Gasteiger partial charge in [0.2, 0.25) is 5.91 Å². The van der Waals surface area contributed by atoms with Crippen LogP contribution in [-0.4, -0.2) is 47.1 Å². The monoisotopic (exact) mass is 292 g/mol. The van der Waals surface area contributed by atoms with Gasteiger partial charge >= 0.3 is 6.09 Å². The van der Waals surface area contributed by atoms with E-state index in [1.807, 2.05) is 0 Å². The zero-order valence-corrected chi connectivity index (χ0v) is 12.5. The number of amides is 2. The third-order valence-electron chi connectivity index (χ3n) is 2.92. The standard InChI is InChI=1S/C14H20N4O3/c1-14(2,3)21-13(20)17-6-7-18(12(19)9-17)11-5-4-10(15)8-16-11/h4-5,8H,6-7,9,15H2,1-3H3. The Balaban J connectivity index is 2.01. The maximum absolute atomic E-state index is 12.2. The molecule has 0 saturated carbocycles. The van der Waals surface area contributed by atoms with Crippen molar-refractivity contribution in [2.45, 2.75) is 26.4 Å². The molecule has 2 heterocycles. The number of aromatic nitrogens is 1. The Kier molecular flexibility index (Phi) is 4.02. The number of nitrogens with zero attached hydrogens (tertiary/aromatic N) is 3. The molecule has 0 aromatic carbocycles. The van der Waals surface area contributed by atoms with Gasteiger partial charge in [-0.15, -0.1) is 0 Å². The van der Waals surface area contributed by atoms with Gasteiger partial charge in [0, 0.05) is 13.1 Å². The fourth-order valence-corrected chi connectivity index (χ4v) is 1.95. The number of carbonyl (C=O) groups is 2. The quantitative estimate of drug-likeness (QED) is 0.841. The number of piperazine rings is 1. The predicted molar refractivity (Wildman–Crippen MR) is 78.8 cm³/mol. The van der Waals surface area contributed by atoms with Crippen molar-refractivity contribution in [3.8, 4) is 0 Å². The van der Waals surface area contributed by atoms with Gasteiger partial charge in [0.15, 0.2) is 0 Å². The SMILES string of the molecule is CC(C)(C)OC(=O)N1CCN(c2ccc(N)cn2)C(=O)C1. The molecule has 2 N–H and O–H groups in total. The highest BCUT2D eigenvalue weighted by Gasteiger charge is 2.31. The lowest BCUT2D eigenvalue weighted by Crippen LogP contribution is -2.53. The molecule has 7 nitrogen and oxygen atoms in total. The number of carbonyl (C=O) groups excluding carboxylic acids is 2. The second-order valence-electron chi connectivity index (χ2n) is 5.90. The Bertz CT molecular complexity index is 536. The number of nitrogens with two attached hydrogens (primary N) is 1. The van der Waals surface area contributed by atoms with Crippen LogP contribution in [0.2, 0.25) is 0 Å². The molecule has 7 heteroatoms. The smallest absolute Gasteiger partial charge is 0.410 e. The molecule has 1 aliphatic rings. The second-order valence-corrected chi connectivity index (χ2v) is 5.90. The van der Waals surface area contributed by atoms with Crippen LogP contribution in [0, 0.1) is 0 Å². The van der Waals surface area contributed by atoms with E-state index in [-0.39, 0.29) is 12.5 Å². The summed E-state index contributed by atoms with van der Waals surface area (Å²) in [4.78, 5) is 31.2. The Labute approximate surface area is 123 Å². The first-order valence-electron chi connectivity index (χ1n) is 6.76. The van der Waals surface area contributed by atoms with E-state index in [1.165, 1.54) is 11.1 Å². The van der Waals surface area contributed by atoms with Crippen LogP contribution in [0.15, 0.2) is 18.3 Å². The summed E-state index contributed by atoms with van der Waals surface area (Å²) in [5, 5.41) is 0. The second kappa shape index (κ2) is 5.59. The molecule has 0 radical (unpaired) electrons. The zero-order chi connectivity index (χ0) is 15.6. The Morgan fingerprint density at radius 2 is 2.05 bits per heavy atom. The van der Waals surface area contributed by atoms with E-state index < -0.39 is 11.7 Å². The first kappa shape index (κ1) is 15.1. The van der Waals surface area contributed by atoms with Crippen LogP contribution in [0.5, 0.6) is 0 Å². The van der Waals surface area contributed by atoms with E-state index in [1.54, 1.807) is 37.8 Å². The molecule has 0 spiro atoms. The molecule has 1 aromatic rings. The summed E-state index contributed by atoms with van der Waals surface area (Å²) >= 11 is 0. The van der Waals surface area contributed by atoms with Crippen molar-refractivity contribution < 1.29 is 14.3 Å². The molecule has 0 aliphatic carbocycles. The van der Waals surface area contributed by atoms with Crippen molar-refractivity contribution in [3.63, 3.8) is 0 Å². The van der Waals surface area contributed by atoms with Gasteiger partial charge in [0.25, 0.3) is 0 Å². The van der Waals surface area contributed by atoms with Crippen LogP contribution in [0.3, 0.4) is 0 Å². The molecular weight excluding hydrogens is 272 g/mol. The number of hydrogen-bond acceptors (Lipinski definition) is 5. The van der Waals surface area contributed by atoms with Gasteiger partial charge < -0.3 is 10.5 Å². The van der Waals surface area contributed by atoms with Crippen molar-refractivity contribution in [2.24, 2.45) is 0 Å². The molecule has 1 fully saturated rings. The highest BCUT2D eigenvalue weighted by atomic mass is 16.6. The fourth-order valence-electron chi connectivity index (χ4n) is 1.95. The summed E-state index contributed by atoms with van der Waals surface area (Å²) in [7, 11) is 0. The van der Waals surface area contributed by atoms with Gasteiger partial charge in [0.05, 0.1) is 11.9 Å². The molecule has 1 aliphatic heterocycles. The molecule has 21 heavy (non-hydrogen) atoms. The topological polar surface area (TPSA) is 88.8 Å². The largest absolute Gasteiger partial charge is 0.444 e. The molecule has 0 bridgehead atoms. The van der Waals surface area contributed by atoms with Crippen LogP contribution in [-0.2, 0) is 9.53 Å². The molecule has 114 valence electrons. The van der Waals surface area contributed by atoms with E-state index in [2.05, 4.69) is 4.98 Å². The molecule has 1 aromatic heterocycles. The minimum Gasteiger partial charge on any atom is -0.444 e. The highest BCUT2D eigenvalue weighted by Crippen LogP contribution is 2.17. The van der Waals surface area contributed by atoms with Crippen molar-refractivity contribution in [2.75, 3.05) is 30.3 Å². The van der Waals surface area contributed by atoms with Gasteiger partial charge in [-0.05, 0) is 32.9 Å². The molecule has 1 saturated heterocycles. The van der Waals surface area contributed by atoms with E-state index >= 15 is 0 Å². The third-order valence-corrected chi connectivity index (χ3v) is 2.92. The minimum atomic E-state index is -0.574. The first-order chi connectivity index (χ1) is 9.76. The maximum Gasteiger partial charge on any atom is 0.410 e. The number of nitrogen functional groups attached to an aromatic ring is 1. The lowest BCUT2D eigenvalue weighted by molar-refractivity contribution is -0.121. The van der Waals surface area contributed by atoms with E-state index in [9.17, 15) is 9.59 Å². The lowest BCUT2D eigenvalue weighted by atomic mass is 10.2. The van der Waals surface area contributed by atoms with Gasteiger partial charge in [-0.2, -0.15) is 0 Å². The first-order valence-corrected chi connectivity index (χ1v) is 6.76. The number of ether oxygens (including phenoxy) is 1. The summed E-state index contributed by atoms with van der Waals surface area (Å²) < 4.78 is 5.27. The number of pyridine rings is 1. The van der Waals surface area contributed by atoms with E-state index in [4.69, 9.17) is 10.5 Å². The fraction of sp³-hybridized carbons (Fsp3) is 0.500. The minimum absolute atomic E-state index is 0.0129. The molecular formula is C14H20N4O3. The van der Waals surface area contributed by atoms with Crippen molar-refractivity contribution in [1.82, 2.24) is 9.88 Å². The number of rotatable bonds is 1. The summed E-state index contributed by atoms with van der Waals surface area (Å²) in [5.74, 6) is 0.349.